The highest BCUT2D eigenvalue weighted by Gasteiger charge is 2.10. The summed E-state index contributed by atoms with van der Waals surface area (Å²) in [6, 6.07) is 7.38. The van der Waals surface area contributed by atoms with Crippen LogP contribution in [0.1, 0.15) is 18.4 Å². The molecule has 0 amide bonds. The molecule has 1 rings (SSSR count). The maximum atomic E-state index is 11.8. The Hall–Kier alpha value is -1.11. The monoisotopic (exact) mass is 286 g/mol. The van der Waals surface area contributed by atoms with Gasteiger partial charge in [0.1, 0.15) is 5.75 Å². The van der Waals surface area contributed by atoms with Crippen molar-refractivity contribution < 1.29 is 13.2 Å². The summed E-state index contributed by atoms with van der Waals surface area (Å²) in [6.07, 6.45) is 1.51. The minimum absolute atomic E-state index is 0.157. The lowest BCUT2D eigenvalue weighted by Gasteiger charge is -2.10. The third-order valence-electron chi connectivity index (χ3n) is 2.76. The third kappa shape index (κ3) is 6.04. The first-order valence-electron chi connectivity index (χ1n) is 6.33. The highest BCUT2D eigenvalue weighted by molar-refractivity contribution is 7.89. The lowest BCUT2D eigenvalue weighted by Crippen LogP contribution is -2.26. The fourth-order valence-corrected chi connectivity index (χ4v) is 2.81. The van der Waals surface area contributed by atoms with E-state index in [9.17, 15) is 8.42 Å². The molecule has 5 nitrogen and oxygen atoms in total. The van der Waals surface area contributed by atoms with Gasteiger partial charge in [0, 0.05) is 12.1 Å². The Morgan fingerprint density at radius 1 is 1.21 bits per heavy atom. The molecule has 0 saturated heterocycles. The van der Waals surface area contributed by atoms with Crippen LogP contribution in [0.2, 0.25) is 0 Å². The molecule has 0 atom stereocenters. The van der Waals surface area contributed by atoms with E-state index in [4.69, 9.17) is 4.74 Å². The number of rotatable bonds is 9. The molecule has 108 valence electrons. The van der Waals surface area contributed by atoms with Crippen LogP contribution in [-0.4, -0.2) is 34.9 Å². The quantitative estimate of drug-likeness (QED) is 0.667. The van der Waals surface area contributed by atoms with Gasteiger partial charge in [-0.05, 0) is 32.5 Å². The zero-order valence-corrected chi connectivity index (χ0v) is 12.3. The van der Waals surface area contributed by atoms with Gasteiger partial charge >= 0.3 is 0 Å². The van der Waals surface area contributed by atoms with Gasteiger partial charge in [0.15, 0.2) is 0 Å². The lowest BCUT2D eigenvalue weighted by atomic mass is 10.2. The zero-order chi connectivity index (χ0) is 14.1. The molecule has 0 aliphatic rings. The van der Waals surface area contributed by atoms with Crippen molar-refractivity contribution in [3.8, 4) is 5.75 Å². The standard InChI is InChI=1S/C13H22N2O3S/c1-14-9-5-6-10-19(16,17)15-11-12-7-3-4-8-13(12)18-2/h3-4,7-8,14-15H,5-6,9-11H2,1-2H3. The molecule has 0 aliphatic carbocycles. The average Bonchev–Trinajstić information content (AvgIpc) is 2.42. The Balaban J connectivity index is 2.46. The lowest BCUT2D eigenvalue weighted by molar-refractivity contribution is 0.409. The average molecular weight is 286 g/mol. The number of methoxy groups -OCH3 is 1. The van der Waals surface area contributed by atoms with Crippen LogP contribution >= 0.6 is 0 Å². The number of ether oxygens (including phenoxy) is 1. The number of hydrogen-bond acceptors (Lipinski definition) is 4. The number of hydrogen-bond donors (Lipinski definition) is 2. The fraction of sp³-hybridized carbons (Fsp3) is 0.538. The van der Waals surface area contributed by atoms with Crippen molar-refractivity contribution in [2.75, 3.05) is 26.5 Å². The first-order valence-corrected chi connectivity index (χ1v) is 7.98. The second kappa shape index (κ2) is 8.14. The zero-order valence-electron chi connectivity index (χ0n) is 11.5. The van der Waals surface area contributed by atoms with Gasteiger partial charge < -0.3 is 10.1 Å². The van der Waals surface area contributed by atoms with Gasteiger partial charge in [-0.1, -0.05) is 18.2 Å². The maximum absolute atomic E-state index is 11.8. The maximum Gasteiger partial charge on any atom is 0.211 e. The highest BCUT2D eigenvalue weighted by Crippen LogP contribution is 2.16. The van der Waals surface area contributed by atoms with Crippen molar-refractivity contribution in [1.82, 2.24) is 10.0 Å². The normalized spacial score (nSPS) is 11.5. The first-order chi connectivity index (χ1) is 9.09. The summed E-state index contributed by atoms with van der Waals surface area (Å²) in [5, 5.41) is 3.00. The molecular formula is C13H22N2O3S. The van der Waals surface area contributed by atoms with E-state index in [-0.39, 0.29) is 12.3 Å². The van der Waals surface area contributed by atoms with Gasteiger partial charge in [-0.3, -0.25) is 0 Å². The predicted molar refractivity (Wildman–Crippen MR) is 76.8 cm³/mol. The van der Waals surface area contributed by atoms with Crippen molar-refractivity contribution in [3.05, 3.63) is 29.8 Å². The highest BCUT2D eigenvalue weighted by atomic mass is 32.2. The second-order valence-electron chi connectivity index (χ2n) is 4.26. The Morgan fingerprint density at radius 3 is 2.63 bits per heavy atom. The summed E-state index contributed by atoms with van der Waals surface area (Å²) in [5.41, 5.74) is 0.837. The van der Waals surface area contributed by atoms with E-state index in [1.807, 2.05) is 31.3 Å². The summed E-state index contributed by atoms with van der Waals surface area (Å²) < 4.78 is 31.4. The molecule has 0 unspecified atom stereocenters. The van der Waals surface area contributed by atoms with Gasteiger partial charge in [-0.15, -0.1) is 0 Å². The van der Waals surface area contributed by atoms with Crippen LogP contribution in [0.15, 0.2) is 24.3 Å². The van der Waals surface area contributed by atoms with Gasteiger partial charge in [0.25, 0.3) is 0 Å². The molecule has 0 radical (unpaired) electrons. The molecule has 0 saturated carbocycles. The molecule has 0 fully saturated rings. The molecule has 6 heteroatoms. The molecule has 19 heavy (non-hydrogen) atoms. The van der Waals surface area contributed by atoms with Crippen molar-refractivity contribution >= 4 is 10.0 Å². The number of nitrogens with one attached hydrogen (secondary N) is 2. The van der Waals surface area contributed by atoms with Gasteiger partial charge in [0.05, 0.1) is 12.9 Å². The van der Waals surface area contributed by atoms with Gasteiger partial charge in [-0.25, -0.2) is 13.1 Å². The number of sulfonamides is 1. The van der Waals surface area contributed by atoms with E-state index in [0.29, 0.717) is 12.2 Å². The molecule has 0 spiro atoms. The molecule has 1 aromatic rings. The fourth-order valence-electron chi connectivity index (χ4n) is 1.70. The summed E-state index contributed by atoms with van der Waals surface area (Å²) in [7, 11) is 0.212. The molecular weight excluding hydrogens is 264 g/mol. The summed E-state index contributed by atoms with van der Waals surface area (Å²) >= 11 is 0. The Kier molecular flexibility index (Phi) is 6.83. The molecule has 0 aliphatic heterocycles. The van der Waals surface area contributed by atoms with E-state index < -0.39 is 10.0 Å². The Bertz CT molecular complexity index is 475. The van der Waals surface area contributed by atoms with Crippen LogP contribution in [-0.2, 0) is 16.6 Å². The van der Waals surface area contributed by atoms with Crippen molar-refractivity contribution in [1.29, 1.82) is 0 Å². The Morgan fingerprint density at radius 2 is 1.95 bits per heavy atom. The van der Waals surface area contributed by atoms with Crippen LogP contribution in [0.4, 0.5) is 0 Å². The number of para-hydroxylation sites is 1. The predicted octanol–water partition coefficient (Wildman–Crippen LogP) is 1.11. The van der Waals surface area contributed by atoms with Crippen LogP contribution in [0.5, 0.6) is 5.75 Å². The van der Waals surface area contributed by atoms with Gasteiger partial charge in [-0.2, -0.15) is 0 Å². The van der Waals surface area contributed by atoms with Crippen molar-refractivity contribution in [2.45, 2.75) is 19.4 Å². The van der Waals surface area contributed by atoms with Crippen LogP contribution < -0.4 is 14.8 Å². The van der Waals surface area contributed by atoms with Crippen LogP contribution in [0, 0.1) is 0 Å². The topological polar surface area (TPSA) is 67.4 Å². The molecule has 1 aromatic carbocycles. The smallest absolute Gasteiger partial charge is 0.211 e. The Labute approximate surface area is 115 Å². The second-order valence-corrected chi connectivity index (χ2v) is 6.19. The van der Waals surface area contributed by atoms with Crippen LogP contribution in [0.25, 0.3) is 0 Å². The van der Waals surface area contributed by atoms with Gasteiger partial charge in [0.2, 0.25) is 10.0 Å². The number of benzene rings is 1. The van der Waals surface area contributed by atoms with Crippen molar-refractivity contribution in [3.63, 3.8) is 0 Å². The van der Waals surface area contributed by atoms with Crippen LogP contribution in [0.3, 0.4) is 0 Å². The summed E-state index contributed by atoms with van der Waals surface area (Å²) in [5.74, 6) is 0.851. The van der Waals surface area contributed by atoms with E-state index in [0.717, 1.165) is 18.5 Å². The summed E-state index contributed by atoms with van der Waals surface area (Å²) in [4.78, 5) is 0. The number of unbranched alkanes of at least 4 members (excludes halogenated alkanes) is 1. The summed E-state index contributed by atoms with van der Waals surface area (Å²) in [6.45, 7) is 1.10. The van der Waals surface area contributed by atoms with E-state index >= 15 is 0 Å². The molecule has 0 aromatic heterocycles. The van der Waals surface area contributed by atoms with E-state index in [1.54, 1.807) is 7.11 Å². The molecule has 2 N–H and O–H groups in total. The first kappa shape index (κ1) is 15.9. The van der Waals surface area contributed by atoms with Crippen molar-refractivity contribution in [2.24, 2.45) is 0 Å². The third-order valence-corrected chi connectivity index (χ3v) is 4.18. The SMILES string of the molecule is CNCCCCS(=O)(=O)NCc1ccccc1OC. The molecule has 0 heterocycles. The van der Waals surface area contributed by atoms with E-state index in [1.165, 1.54) is 0 Å². The van der Waals surface area contributed by atoms with E-state index in [2.05, 4.69) is 10.0 Å². The largest absolute Gasteiger partial charge is 0.496 e. The molecule has 0 bridgehead atoms. The minimum atomic E-state index is -3.22. The minimum Gasteiger partial charge on any atom is -0.496 e.